The monoisotopic (exact) mass is 754 g/mol. The zero-order chi connectivity index (χ0) is 38.3. The summed E-state index contributed by atoms with van der Waals surface area (Å²) < 4.78 is 50.5. The van der Waals surface area contributed by atoms with Crippen molar-refractivity contribution in [3.8, 4) is 33.4 Å². The molecule has 9 aromatic rings. The summed E-state index contributed by atoms with van der Waals surface area (Å²) in [5.74, 6) is -2.26. The van der Waals surface area contributed by atoms with Gasteiger partial charge < -0.3 is 4.18 Å². The largest absolute Gasteiger partial charge is 0.491 e. The minimum absolute atomic E-state index is 0.449. The lowest BCUT2D eigenvalue weighted by atomic mass is 9.88. The van der Waals surface area contributed by atoms with Crippen molar-refractivity contribution in [2.75, 3.05) is 0 Å². The van der Waals surface area contributed by atoms with E-state index in [9.17, 15) is 18.0 Å². The Bertz CT molecular complexity index is 2750. The Kier molecular flexibility index (Phi) is 8.91. The lowest BCUT2D eigenvalue weighted by Gasteiger charge is -2.42. The van der Waals surface area contributed by atoms with Crippen LogP contribution >= 0.6 is 10.3 Å². The molecule has 0 aliphatic carbocycles. The van der Waals surface area contributed by atoms with Gasteiger partial charge in [-0.25, -0.2) is 4.79 Å². The molecule has 0 N–H and O–H groups in total. The molecule has 0 aliphatic heterocycles. The van der Waals surface area contributed by atoms with Crippen LogP contribution in [-0.2, 0) is 8.98 Å². The molecule has 0 saturated carbocycles. The number of halogens is 3. The van der Waals surface area contributed by atoms with Crippen LogP contribution in [0.5, 0.6) is 0 Å². The first-order valence-electron chi connectivity index (χ1n) is 18.2. The van der Waals surface area contributed by atoms with Crippen LogP contribution in [0.3, 0.4) is 0 Å². The molecule has 0 bridgehead atoms. The van der Waals surface area contributed by atoms with E-state index in [1.54, 1.807) is 48.5 Å². The summed E-state index contributed by atoms with van der Waals surface area (Å²) in [6.45, 7) is 0. The fourth-order valence-corrected chi connectivity index (χ4v) is 11.2. The van der Waals surface area contributed by atoms with Gasteiger partial charge in [-0.2, -0.15) is 13.2 Å². The van der Waals surface area contributed by atoms with Gasteiger partial charge in [0, 0.05) is 14.7 Å². The molecule has 6 heteroatoms. The highest BCUT2D eigenvalue weighted by Crippen LogP contribution is 2.73. The van der Waals surface area contributed by atoms with E-state index in [-0.39, 0.29) is 0 Å². The number of hydrogen-bond donors (Lipinski definition) is 0. The fraction of sp³-hybridized carbons (Fsp3) is 0.0200. The molecule has 0 unspecified atom stereocenters. The number of benzene rings is 9. The van der Waals surface area contributed by atoms with Crippen LogP contribution in [0.4, 0.5) is 13.2 Å². The van der Waals surface area contributed by atoms with E-state index in [1.165, 1.54) is 0 Å². The van der Waals surface area contributed by atoms with Crippen LogP contribution in [0.2, 0.25) is 0 Å². The maximum Gasteiger partial charge on any atom is 0.491 e. The Labute approximate surface area is 324 Å². The quantitative estimate of drug-likeness (QED) is 0.162. The Morgan fingerprint density at radius 2 is 0.768 bits per heavy atom. The van der Waals surface area contributed by atoms with Crippen molar-refractivity contribution in [3.05, 3.63) is 200 Å². The molecule has 0 amide bonds. The van der Waals surface area contributed by atoms with E-state index in [1.807, 2.05) is 115 Å². The molecule has 0 fully saturated rings. The van der Waals surface area contributed by atoms with Gasteiger partial charge in [0.05, 0.1) is 0 Å². The third-order valence-electron chi connectivity index (χ3n) is 10.2. The van der Waals surface area contributed by atoms with Gasteiger partial charge in [0.15, 0.2) is 0 Å². The van der Waals surface area contributed by atoms with E-state index >= 15 is 0 Å². The summed E-state index contributed by atoms with van der Waals surface area (Å²) in [5.41, 5.74) is 4.75. The third-order valence-corrected chi connectivity index (χ3v) is 13.5. The lowest BCUT2D eigenvalue weighted by Crippen LogP contribution is -2.27. The summed E-state index contributed by atoms with van der Waals surface area (Å²) in [6, 6.07) is 64.3. The second kappa shape index (κ2) is 14.2. The summed E-state index contributed by atoms with van der Waals surface area (Å²) in [6.07, 6.45) is -5.27. The molecule has 0 aliphatic rings. The number of rotatable bonds is 7. The Morgan fingerprint density at radius 3 is 1.20 bits per heavy atom. The molecule has 0 atom stereocenters. The number of fused-ring (bicyclic) bond motifs is 3. The first kappa shape index (κ1) is 35.1. The minimum Gasteiger partial charge on any atom is -0.395 e. The van der Waals surface area contributed by atoms with E-state index < -0.39 is 22.5 Å². The van der Waals surface area contributed by atoms with Crippen LogP contribution in [0.15, 0.2) is 215 Å². The van der Waals surface area contributed by atoms with Crippen molar-refractivity contribution in [2.24, 2.45) is 0 Å². The van der Waals surface area contributed by atoms with Crippen LogP contribution in [-0.4, -0.2) is 12.1 Å². The predicted octanol–water partition coefficient (Wildman–Crippen LogP) is 14.4. The van der Waals surface area contributed by atoms with Crippen LogP contribution < -0.4 is 0 Å². The molecule has 9 rings (SSSR count). The molecule has 272 valence electrons. The molecule has 9 aromatic carbocycles. The Morgan fingerprint density at radius 1 is 0.411 bits per heavy atom. The van der Waals surface area contributed by atoms with E-state index in [0.29, 0.717) is 25.8 Å². The van der Waals surface area contributed by atoms with E-state index in [0.717, 1.165) is 54.6 Å². The Balaban J connectivity index is 1.55. The topological polar surface area (TPSA) is 26.3 Å². The van der Waals surface area contributed by atoms with Crippen molar-refractivity contribution in [1.29, 1.82) is 0 Å². The van der Waals surface area contributed by atoms with Crippen molar-refractivity contribution < 1.29 is 22.1 Å². The third kappa shape index (κ3) is 6.09. The number of carbonyl (C=O) groups is 1. The molecule has 56 heavy (non-hydrogen) atoms. The number of carbonyl (C=O) groups excluding carboxylic acids is 1. The SMILES string of the molecule is O=C(OS(c1ccccc1)(c1ccccc1)c1c(-c2cccc3ccccc23)cc(-c2cccc3ccccc23)cc1-c1cccc2ccccc12)C(F)(F)F. The van der Waals surface area contributed by atoms with Gasteiger partial charge >= 0.3 is 12.1 Å². The summed E-state index contributed by atoms with van der Waals surface area (Å²) in [4.78, 5) is 15.0. The maximum absolute atomic E-state index is 14.8. The van der Waals surface area contributed by atoms with Gasteiger partial charge in [-0.05, 0) is 112 Å². The van der Waals surface area contributed by atoms with Crippen molar-refractivity contribution in [2.45, 2.75) is 20.9 Å². The first-order valence-corrected chi connectivity index (χ1v) is 19.8. The van der Waals surface area contributed by atoms with Gasteiger partial charge in [0.2, 0.25) is 0 Å². The molecule has 0 spiro atoms. The molecule has 0 saturated heterocycles. The molecular weight excluding hydrogens is 722 g/mol. The standard InChI is InChI=1S/C50H33F3O2S/c51-50(52,53)49(54)55-56(38-22-3-1-4-23-38,39-24-5-2-6-25-39)48-46(44-30-14-20-35-17-8-11-27-41(35)44)32-37(43-29-13-19-34-16-7-10-26-40(34)43)33-47(48)45-31-15-21-36-18-9-12-28-42(36)45/h1-33H. The van der Waals surface area contributed by atoms with Crippen LogP contribution in [0.25, 0.3) is 65.7 Å². The average Bonchev–Trinajstić information content (AvgIpc) is 3.25. The summed E-state index contributed by atoms with van der Waals surface area (Å²) in [5, 5.41) is 5.83. The zero-order valence-electron chi connectivity index (χ0n) is 29.9. The second-order valence-corrected chi connectivity index (χ2v) is 16.2. The smallest absolute Gasteiger partial charge is 0.395 e. The van der Waals surface area contributed by atoms with E-state index in [4.69, 9.17) is 4.18 Å². The van der Waals surface area contributed by atoms with Gasteiger partial charge in [-0.1, -0.05) is 164 Å². The molecule has 0 radical (unpaired) electrons. The Hall–Kier alpha value is -6.63. The highest BCUT2D eigenvalue weighted by molar-refractivity contribution is 8.30. The molecule has 0 aromatic heterocycles. The summed E-state index contributed by atoms with van der Waals surface area (Å²) >= 11 is 0. The van der Waals surface area contributed by atoms with Gasteiger partial charge in [0.25, 0.3) is 0 Å². The number of alkyl halides is 3. The van der Waals surface area contributed by atoms with Gasteiger partial charge in [0.1, 0.15) is 0 Å². The van der Waals surface area contributed by atoms with Crippen molar-refractivity contribution in [3.63, 3.8) is 0 Å². The predicted molar refractivity (Wildman–Crippen MR) is 223 cm³/mol. The van der Waals surface area contributed by atoms with Crippen LogP contribution in [0, 0.1) is 0 Å². The van der Waals surface area contributed by atoms with Crippen molar-refractivity contribution in [1.82, 2.24) is 0 Å². The highest BCUT2D eigenvalue weighted by atomic mass is 32.3. The summed E-state index contributed by atoms with van der Waals surface area (Å²) in [7, 11) is -3.52. The average molecular weight is 755 g/mol. The van der Waals surface area contributed by atoms with E-state index in [2.05, 4.69) is 36.4 Å². The second-order valence-electron chi connectivity index (χ2n) is 13.5. The van der Waals surface area contributed by atoms with Crippen molar-refractivity contribution >= 4 is 48.6 Å². The first-order chi connectivity index (χ1) is 27.3. The fourth-order valence-electron chi connectivity index (χ4n) is 7.79. The lowest BCUT2D eigenvalue weighted by molar-refractivity contribution is -0.188. The highest BCUT2D eigenvalue weighted by Gasteiger charge is 2.48. The maximum atomic E-state index is 14.8. The minimum atomic E-state index is -5.27. The molecule has 2 nitrogen and oxygen atoms in total. The van der Waals surface area contributed by atoms with Gasteiger partial charge in [-0.3, -0.25) is 0 Å². The van der Waals surface area contributed by atoms with Crippen LogP contribution in [0.1, 0.15) is 0 Å². The van der Waals surface area contributed by atoms with Gasteiger partial charge in [-0.15, -0.1) is 0 Å². The normalized spacial score (nSPS) is 12.2. The molecule has 0 heterocycles. The zero-order valence-corrected chi connectivity index (χ0v) is 30.7. The number of hydrogen-bond acceptors (Lipinski definition) is 2. The molecular formula is C50H33F3O2S.